The number of ether oxygens (including phenoxy) is 1. The van der Waals surface area contributed by atoms with Crippen molar-refractivity contribution in [2.24, 2.45) is 9.98 Å². The van der Waals surface area contributed by atoms with E-state index < -0.39 is 0 Å². The first kappa shape index (κ1) is 9.92. The summed E-state index contributed by atoms with van der Waals surface area (Å²) in [7, 11) is 0. The fraction of sp³-hybridized carbons (Fsp3) is 0.556. The van der Waals surface area contributed by atoms with Crippen molar-refractivity contribution in [3.05, 3.63) is 12.8 Å². The Bertz CT molecular complexity index is 207. The molecule has 0 aromatic heterocycles. The summed E-state index contributed by atoms with van der Waals surface area (Å²) < 4.78 is 5.22. The maximum absolute atomic E-state index is 5.22. The Labute approximate surface area is 78.4 Å². The molecule has 0 aliphatic carbocycles. The van der Waals surface area contributed by atoms with E-state index in [1.807, 2.05) is 0 Å². The van der Waals surface area contributed by atoms with Gasteiger partial charge in [-0.2, -0.15) is 0 Å². The molecule has 1 heterocycles. The van der Waals surface area contributed by atoms with Gasteiger partial charge in [0, 0.05) is 13.2 Å². The monoisotopic (exact) mass is 181 g/mol. The molecule has 13 heavy (non-hydrogen) atoms. The largest absolute Gasteiger partial charge is 0.381 e. The summed E-state index contributed by atoms with van der Waals surface area (Å²) in [5.41, 5.74) is 0. The second-order valence-electron chi connectivity index (χ2n) is 2.80. The molecule has 0 aromatic carbocycles. The van der Waals surface area contributed by atoms with E-state index >= 15 is 0 Å². The highest BCUT2D eigenvalue weighted by molar-refractivity contribution is 5.84. The zero-order valence-electron chi connectivity index (χ0n) is 7.70. The SMILES string of the molecule is C=CNC(N=C)=NC1CCOCC1. The van der Waals surface area contributed by atoms with Gasteiger partial charge in [-0.25, -0.2) is 9.98 Å². The summed E-state index contributed by atoms with van der Waals surface area (Å²) in [6.45, 7) is 8.53. The molecule has 0 aromatic rings. The van der Waals surface area contributed by atoms with Crippen LogP contribution in [0, 0.1) is 0 Å². The number of nitrogens with one attached hydrogen (secondary N) is 1. The highest BCUT2D eigenvalue weighted by Crippen LogP contribution is 2.10. The predicted molar refractivity (Wildman–Crippen MR) is 54.2 cm³/mol. The summed E-state index contributed by atoms with van der Waals surface area (Å²) in [5.74, 6) is 0.543. The van der Waals surface area contributed by atoms with Gasteiger partial charge in [0.25, 0.3) is 0 Å². The van der Waals surface area contributed by atoms with Crippen LogP contribution in [0.15, 0.2) is 22.8 Å². The summed E-state index contributed by atoms with van der Waals surface area (Å²) in [5, 5.41) is 2.82. The van der Waals surface area contributed by atoms with Crippen LogP contribution < -0.4 is 5.32 Å². The van der Waals surface area contributed by atoms with Crippen molar-refractivity contribution >= 4 is 12.7 Å². The first-order valence-corrected chi connectivity index (χ1v) is 4.36. The van der Waals surface area contributed by atoms with Crippen molar-refractivity contribution in [1.82, 2.24) is 5.32 Å². The minimum Gasteiger partial charge on any atom is -0.381 e. The van der Waals surface area contributed by atoms with E-state index in [0.717, 1.165) is 26.1 Å². The molecule has 1 aliphatic rings. The molecule has 72 valence electrons. The molecule has 0 amide bonds. The van der Waals surface area contributed by atoms with Crippen LogP contribution in [0.2, 0.25) is 0 Å². The molecular weight excluding hydrogens is 166 g/mol. The second kappa shape index (κ2) is 5.48. The van der Waals surface area contributed by atoms with Crippen molar-refractivity contribution in [2.45, 2.75) is 18.9 Å². The third-order valence-electron chi connectivity index (χ3n) is 1.88. The molecule has 4 heteroatoms. The van der Waals surface area contributed by atoms with Gasteiger partial charge in [0.05, 0.1) is 6.04 Å². The summed E-state index contributed by atoms with van der Waals surface area (Å²) in [6.07, 6.45) is 3.46. The van der Waals surface area contributed by atoms with Gasteiger partial charge in [0.15, 0.2) is 0 Å². The average Bonchev–Trinajstić information content (AvgIpc) is 2.19. The zero-order valence-corrected chi connectivity index (χ0v) is 7.70. The molecule has 0 bridgehead atoms. The van der Waals surface area contributed by atoms with Gasteiger partial charge in [0.1, 0.15) is 0 Å². The van der Waals surface area contributed by atoms with E-state index in [1.165, 1.54) is 0 Å². The van der Waals surface area contributed by atoms with E-state index in [1.54, 1.807) is 6.20 Å². The van der Waals surface area contributed by atoms with E-state index in [-0.39, 0.29) is 0 Å². The van der Waals surface area contributed by atoms with Crippen LogP contribution in [0.3, 0.4) is 0 Å². The van der Waals surface area contributed by atoms with Crippen LogP contribution in [-0.2, 0) is 4.74 Å². The lowest BCUT2D eigenvalue weighted by atomic mass is 10.1. The Morgan fingerprint density at radius 3 is 2.69 bits per heavy atom. The van der Waals surface area contributed by atoms with Crippen LogP contribution in [0.1, 0.15) is 12.8 Å². The first-order valence-electron chi connectivity index (χ1n) is 4.36. The van der Waals surface area contributed by atoms with Gasteiger partial charge >= 0.3 is 0 Å². The minimum absolute atomic E-state index is 0.307. The standard InChI is InChI=1S/C9H15N3O/c1-3-11-9(10-2)12-8-4-6-13-7-5-8/h3,8H,1-2,4-7H2,(H,11,12). The molecule has 1 aliphatic heterocycles. The Morgan fingerprint density at radius 2 is 2.15 bits per heavy atom. The molecule has 0 unspecified atom stereocenters. The number of rotatable bonds is 2. The quantitative estimate of drug-likeness (QED) is 0.509. The fourth-order valence-electron chi connectivity index (χ4n) is 1.20. The third kappa shape index (κ3) is 3.38. The predicted octanol–water partition coefficient (Wildman–Crippen LogP) is 0.955. The number of hydrogen-bond donors (Lipinski definition) is 1. The minimum atomic E-state index is 0.307. The lowest BCUT2D eigenvalue weighted by molar-refractivity contribution is 0.0870. The molecule has 1 fully saturated rings. The molecule has 1 rings (SSSR count). The molecular formula is C9H15N3O. The zero-order chi connectivity index (χ0) is 9.52. The summed E-state index contributed by atoms with van der Waals surface area (Å²) in [4.78, 5) is 8.12. The van der Waals surface area contributed by atoms with E-state index in [9.17, 15) is 0 Å². The molecule has 0 atom stereocenters. The number of guanidine groups is 1. The summed E-state index contributed by atoms with van der Waals surface area (Å²) in [6, 6.07) is 0.307. The molecule has 1 saturated heterocycles. The van der Waals surface area contributed by atoms with Crippen LogP contribution in [-0.4, -0.2) is 31.9 Å². The number of aliphatic imine (C=N–C) groups is 2. The molecule has 1 N–H and O–H groups in total. The summed E-state index contributed by atoms with van der Waals surface area (Å²) >= 11 is 0. The van der Waals surface area contributed by atoms with Crippen molar-refractivity contribution in [1.29, 1.82) is 0 Å². The Balaban J connectivity index is 2.48. The second-order valence-corrected chi connectivity index (χ2v) is 2.80. The van der Waals surface area contributed by atoms with Gasteiger partial charge in [-0.1, -0.05) is 6.58 Å². The van der Waals surface area contributed by atoms with Crippen molar-refractivity contribution in [3.63, 3.8) is 0 Å². The molecule has 0 saturated carbocycles. The van der Waals surface area contributed by atoms with Crippen LogP contribution in [0.4, 0.5) is 0 Å². The first-order chi connectivity index (χ1) is 6.36. The number of hydrogen-bond acceptors (Lipinski definition) is 2. The third-order valence-corrected chi connectivity index (χ3v) is 1.88. The van der Waals surface area contributed by atoms with Crippen molar-refractivity contribution in [2.75, 3.05) is 13.2 Å². The smallest absolute Gasteiger partial charge is 0.221 e. The Hall–Kier alpha value is -1.16. The van der Waals surface area contributed by atoms with E-state index in [0.29, 0.717) is 12.0 Å². The van der Waals surface area contributed by atoms with E-state index in [2.05, 4.69) is 28.6 Å². The van der Waals surface area contributed by atoms with Gasteiger partial charge in [-0.05, 0) is 25.8 Å². The molecule has 4 nitrogen and oxygen atoms in total. The fourth-order valence-corrected chi connectivity index (χ4v) is 1.20. The van der Waals surface area contributed by atoms with Crippen LogP contribution in [0.25, 0.3) is 0 Å². The maximum Gasteiger partial charge on any atom is 0.221 e. The van der Waals surface area contributed by atoms with Crippen molar-refractivity contribution in [3.8, 4) is 0 Å². The highest BCUT2D eigenvalue weighted by atomic mass is 16.5. The van der Waals surface area contributed by atoms with Gasteiger partial charge < -0.3 is 10.1 Å². The molecule has 0 radical (unpaired) electrons. The van der Waals surface area contributed by atoms with Crippen LogP contribution >= 0.6 is 0 Å². The van der Waals surface area contributed by atoms with Gasteiger partial charge in [-0.3, -0.25) is 0 Å². The Kier molecular flexibility index (Phi) is 4.18. The lowest BCUT2D eigenvalue weighted by Gasteiger charge is -2.18. The van der Waals surface area contributed by atoms with Gasteiger partial charge in [-0.15, -0.1) is 0 Å². The normalized spacial score (nSPS) is 19.5. The maximum atomic E-state index is 5.22. The lowest BCUT2D eigenvalue weighted by Crippen LogP contribution is -2.23. The average molecular weight is 181 g/mol. The highest BCUT2D eigenvalue weighted by Gasteiger charge is 2.12. The number of nitrogens with zero attached hydrogens (tertiary/aromatic N) is 2. The van der Waals surface area contributed by atoms with E-state index in [4.69, 9.17) is 4.74 Å². The van der Waals surface area contributed by atoms with Crippen LogP contribution in [0.5, 0.6) is 0 Å². The van der Waals surface area contributed by atoms with Gasteiger partial charge in [0.2, 0.25) is 5.96 Å². The Morgan fingerprint density at radius 1 is 1.46 bits per heavy atom. The molecule has 0 spiro atoms. The van der Waals surface area contributed by atoms with Crippen molar-refractivity contribution < 1.29 is 4.74 Å². The topological polar surface area (TPSA) is 46.0 Å².